The van der Waals surface area contributed by atoms with Gasteiger partial charge in [0.15, 0.2) is 0 Å². The van der Waals surface area contributed by atoms with E-state index >= 15 is 0 Å². The molecule has 2 aromatic carbocycles. The lowest BCUT2D eigenvalue weighted by molar-refractivity contribution is -0.122. The Labute approximate surface area is 157 Å². The molecule has 0 radical (unpaired) electrons. The second-order valence-electron chi connectivity index (χ2n) is 6.48. The van der Waals surface area contributed by atoms with Gasteiger partial charge in [0, 0.05) is 6.07 Å². The molecule has 0 unspecified atom stereocenters. The van der Waals surface area contributed by atoms with Gasteiger partial charge in [0.2, 0.25) is 0 Å². The smallest absolute Gasteiger partial charge is 0.335 e. The Morgan fingerprint density at radius 3 is 2.37 bits per heavy atom. The van der Waals surface area contributed by atoms with Crippen LogP contribution in [0.1, 0.15) is 30.9 Å². The van der Waals surface area contributed by atoms with Crippen molar-refractivity contribution in [2.45, 2.75) is 19.8 Å². The van der Waals surface area contributed by atoms with Gasteiger partial charge in [0.1, 0.15) is 11.3 Å². The zero-order valence-corrected chi connectivity index (χ0v) is 15.4. The summed E-state index contributed by atoms with van der Waals surface area (Å²) in [4.78, 5) is 38.3. The minimum atomic E-state index is -0.787. The van der Waals surface area contributed by atoms with Gasteiger partial charge >= 0.3 is 6.03 Å². The molecule has 1 N–H and O–H groups in total. The van der Waals surface area contributed by atoms with Gasteiger partial charge in [-0.2, -0.15) is 0 Å². The molecule has 27 heavy (non-hydrogen) atoms. The van der Waals surface area contributed by atoms with Crippen molar-refractivity contribution in [1.29, 1.82) is 0 Å². The van der Waals surface area contributed by atoms with Gasteiger partial charge < -0.3 is 4.74 Å². The molecule has 138 valence electrons. The standard InChI is InChI=1S/C21H20N2O4/c1-13(2)15-9-7-14(8-10-15)11-18-19(24)22-21(26)23(20(18)25)16-5-4-6-17(12-16)27-3/h4-13H,1-3H3,(H,22,24,26)/b18-11+. The molecular formula is C21H20N2O4. The number of carbonyl (C=O) groups excluding carboxylic acids is 3. The van der Waals surface area contributed by atoms with Crippen molar-refractivity contribution < 1.29 is 19.1 Å². The molecule has 1 aliphatic heterocycles. The van der Waals surface area contributed by atoms with Gasteiger partial charge in [-0.3, -0.25) is 14.9 Å². The SMILES string of the molecule is COc1cccc(N2C(=O)NC(=O)/C(=C\c3ccc(C(C)C)cc3)C2=O)c1. The average Bonchev–Trinajstić information content (AvgIpc) is 2.65. The van der Waals surface area contributed by atoms with Crippen LogP contribution in [-0.2, 0) is 9.59 Å². The van der Waals surface area contributed by atoms with Gasteiger partial charge in [-0.15, -0.1) is 0 Å². The first kappa shape index (κ1) is 18.4. The molecule has 0 aliphatic carbocycles. The van der Waals surface area contributed by atoms with Gasteiger partial charge in [0.05, 0.1) is 12.8 Å². The van der Waals surface area contributed by atoms with E-state index < -0.39 is 17.8 Å². The molecule has 1 fully saturated rings. The molecule has 0 atom stereocenters. The van der Waals surface area contributed by atoms with E-state index in [2.05, 4.69) is 19.2 Å². The van der Waals surface area contributed by atoms with Crippen molar-refractivity contribution >= 4 is 29.6 Å². The lowest BCUT2D eigenvalue weighted by Gasteiger charge is -2.26. The summed E-state index contributed by atoms with van der Waals surface area (Å²) < 4.78 is 5.14. The Hall–Kier alpha value is -3.41. The number of amides is 4. The number of nitrogens with zero attached hydrogens (tertiary/aromatic N) is 1. The number of ether oxygens (including phenoxy) is 1. The fourth-order valence-corrected chi connectivity index (χ4v) is 2.79. The summed E-state index contributed by atoms with van der Waals surface area (Å²) in [6, 6.07) is 13.3. The fourth-order valence-electron chi connectivity index (χ4n) is 2.79. The van der Waals surface area contributed by atoms with E-state index in [0.29, 0.717) is 22.9 Å². The number of methoxy groups -OCH3 is 1. The van der Waals surface area contributed by atoms with Crippen LogP contribution in [0.15, 0.2) is 54.1 Å². The van der Waals surface area contributed by atoms with E-state index in [1.165, 1.54) is 13.2 Å². The molecule has 6 heteroatoms. The Morgan fingerprint density at radius 2 is 1.74 bits per heavy atom. The fraction of sp³-hybridized carbons (Fsp3) is 0.190. The first-order chi connectivity index (χ1) is 12.9. The maximum absolute atomic E-state index is 12.9. The maximum atomic E-state index is 12.9. The van der Waals surface area contributed by atoms with Crippen molar-refractivity contribution in [2.75, 3.05) is 12.0 Å². The molecule has 0 saturated carbocycles. The Bertz CT molecular complexity index is 929. The zero-order chi connectivity index (χ0) is 19.6. The Kier molecular flexibility index (Phi) is 5.07. The van der Waals surface area contributed by atoms with E-state index in [4.69, 9.17) is 4.74 Å². The van der Waals surface area contributed by atoms with Gasteiger partial charge in [-0.25, -0.2) is 9.69 Å². The Morgan fingerprint density at radius 1 is 1.04 bits per heavy atom. The van der Waals surface area contributed by atoms with E-state index in [1.807, 2.05) is 24.3 Å². The van der Waals surface area contributed by atoms with Crippen LogP contribution in [0.3, 0.4) is 0 Å². The van der Waals surface area contributed by atoms with Gasteiger partial charge in [0.25, 0.3) is 11.8 Å². The number of urea groups is 1. The third-order valence-corrected chi connectivity index (χ3v) is 4.33. The normalized spacial score (nSPS) is 16.1. The molecule has 4 amide bonds. The van der Waals surface area contributed by atoms with Crippen molar-refractivity contribution in [3.05, 3.63) is 65.2 Å². The summed E-state index contributed by atoms with van der Waals surface area (Å²) in [5.74, 6) is -0.505. The highest BCUT2D eigenvalue weighted by Gasteiger charge is 2.36. The molecule has 1 aliphatic rings. The molecular weight excluding hydrogens is 344 g/mol. The van der Waals surface area contributed by atoms with Crippen molar-refractivity contribution in [3.8, 4) is 5.75 Å². The van der Waals surface area contributed by atoms with E-state index in [1.54, 1.807) is 24.3 Å². The summed E-state index contributed by atoms with van der Waals surface area (Å²) in [7, 11) is 1.49. The van der Waals surface area contributed by atoms with Crippen LogP contribution in [-0.4, -0.2) is 25.0 Å². The predicted octanol–water partition coefficient (Wildman–Crippen LogP) is 3.49. The van der Waals surface area contributed by atoms with Gasteiger partial charge in [-0.05, 0) is 35.3 Å². The third-order valence-electron chi connectivity index (χ3n) is 4.33. The van der Waals surface area contributed by atoms with Crippen LogP contribution in [0.25, 0.3) is 6.08 Å². The van der Waals surface area contributed by atoms with Crippen LogP contribution >= 0.6 is 0 Å². The summed E-state index contributed by atoms with van der Waals surface area (Å²) in [5, 5.41) is 2.21. The highest BCUT2D eigenvalue weighted by molar-refractivity contribution is 6.39. The monoisotopic (exact) mass is 364 g/mol. The topological polar surface area (TPSA) is 75.7 Å². The Balaban J connectivity index is 1.96. The quantitative estimate of drug-likeness (QED) is 0.666. The van der Waals surface area contributed by atoms with Crippen LogP contribution in [0.4, 0.5) is 10.5 Å². The minimum absolute atomic E-state index is 0.102. The van der Waals surface area contributed by atoms with E-state index in [0.717, 1.165) is 10.5 Å². The van der Waals surface area contributed by atoms with E-state index in [-0.39, 0.29) is 5.57 Å². The first-order valence-corrected chi connectivity index (χ1v) is 8.56. The molecule has 1 heterocycles. The van der Waals surface area contributed by atoms with Crippen molar-refractivity contribution in [3.63, 3.8) is 0 Å². The van der Waals surface area contributed by atoms with Crippen molar-refractivity contribution in [2.24, 2.45) is 0 Å². The second-order valence-corrected chi connectivity index (χ2v) is 6.48. The number of anilines is 1. The lowest BCUT2D eigenvalue weighted by Crippen LogP contribution is -2.54. The number of barbiturate groups is 1. The number of hydrogen-bond donors (Lipinski definition) is 1. The highest BCUT2D eigenvalue weighted by atomic mass is 16.5. The minimum Gasteiger partial charge on any atom is -0.497 e. The number of rotatable bonds is 4. The summed E-state index contributed by atoms with van der Waals surface area (Å²) in [6.45, 7) is 4.17. The zero-order valence-electron chi connectivity index (χ0n) is 15.4. The number of hydrogen-bond acceptors (Lipinski definition) is 4. The summed E-state index contributed by atoms with van der Waals surface area (Å²) in [5.41, 5.74) is 2.09. The van der Waals surface area contributed by atoms with Crippen LogP contribution in [0.2, 0.25) is 0 Å². The van der Waals surface area contributed by atoms with Gasteiger partial charge in [-0.1, -0.05) is 44.2 Å². The van der Waals surface area contributed by atoms with Crippen LogP contribution in [0.5, 0.6) is 5.75 Å². The lowest BCUT2D eigenvalue weighted by atomic mass is 10.0. The largest absolute Gasteiger partial charge is 0.497 e. The highest BCUT2D eigenvalue weighted by Crippen LogP contribution is 2.25. The van der Waals surface area contributed by atoms with Crippen LogP contribution in [0, 0.1) is 0 Å². The number of carbonyl (C=O) groups is 3. The predicted molar refractivity (Wildman–Crippen MR) is 103 cm³/mol. The molecule has 6 nitrogen and oxygen atoms in total. The molecule has 3 rings (SSSR count). The van der Waals surface area contributed by atoms with E-state index in [9.17, 15) is 14.4 Å². The molecule has 0 bridgehead atoms. The first-order valence-electron chi connectivity index (χ1n) is 8.56. The van der Waals surface area contributed by atoms with Crippen molar-refractivity contribution in [1.82, 2.24) is 5.32 Å². The average molecular weight is 364 g/mol. The summed E-state index contributed by atoms with van der Waals surface area (Å²) >= 11 is 0. The second kappa shape index (κ2) is 7.45. The van der Waals surface area contributed by atoms with Crippen LogP contribution < -0.4 is 15.0 Å². The molecule has 0 spiro atoms. The third kappa shape index (κ3) is 3.74. The number of imide groups is 2. The molecule has 0 aromatic heterocycles. The maximum Gasteiger partial charge on any atom is 0.335 e. The molecule has 2 aromatic rings. The summed E-state index contributed by atoms with van der Waals surface area (Å²) in [6.07, 6.45) is 1.49. The molecule has 1 saturated heterocycles. The number of nitrogens with one attached hydrogen (secondary N) is 1. The number of benzene rings is 2.